The number of morpholine rings is 1. The molecule has 1 aliphatic rings. The Balaban J connectivity index is 1.63. The van der Waals surface area contributed by atoms with E-state index < -0.39 is 28.0 Å². The number of ether oxygens (including phenoxy) is 2. The number of sulfonamides is 1. The van der Waals surface area contributed by atoms with Gasteiger partial charge in [0.15, 0.2) is 11.9 Å². The zero-order valence-electron chi connectivity index (χ0n) is 18.5. The van der Waals surface area contributed by atoms with Gasteiger partial charge in [0, 0.05) is 24.7 Å². The molecule has 1 saturated heterocycles. The van der Waals surface area contributed by atoms with E-state index >= 15 is 0 Å². The van der Waals surface area contributed by atoms with E-state index in [-0.39, 0.29) is 16.4 Å². The number of benzene rings is 1. The van der Waals surface area contributed by atoms with Gasteiger partial charge in [0.25, 0.3) is 5.91 Å². The van der Waals surface area contributed by atoms with Crippen molar-refractivity contribution in [2.24, 2.45) is 0 Å². The van der Waals surface area contributed by atoms with Crippen molar-refractivity contribution in [1.82, 2.24) is 9.46 Å². The lowest BCUT2D eigenvalue weighted by Crippen LogP contribution is -2.40. The van der Waals surface area contributed by atoms with Crippen molar-refractivity contribution in [2.75, 3.05) is 31.6 Å². The lowest BCUT2D eigenvalue weighted by atomic mass is 10.1. The first-order valence-electron chi connectivity index (χ1n) is 10.3. The third-order valence-electron chi connectivity index (χ3n) is 5.00. The van der Waals surface area contributed by atoms with Crippen LogP contribution in [0.1, 0.15) is 48.5 Å². The van der Waals surface area contributed by atoms with Crippen LogP contribution in [0.2, 0.25) is 0 Å². The first kappa shape index (κ1) is 23.9. The predicted molar refractivity (Wildman–Crippen MR) is 115 cm³/mol. The van der Waals surface area contributed by atoms with Gasteiger partial charge in [-0.25, -0.2) is 13.2 Å². The van der Waals surface area contributed by atoms with Crippen LogP contribution in [0.4, 0.5) is 5.69 Å². The summed E-state index contributed by atoms with van der Waals surface area (Å²) in [5.74, 6) is -0.920. The number of aromatic nitrogens is 1. The van der Waals surface area contributed by atoms with Gasteiger partial charge in [-0.05, 0) is 38.1 Å². The quantitative estimate of drug-likeness (QED) is 0.617. The lowest BCUT2D eigenvalue weighted by Gasteiger charge is -2.26. The number of carbonyl (C=O) groups is 2. The molecule has 32 heavy (non-hydrogen) atoms. The molecule has 1 amide bonds. The van der Waals surface area contributed by atoms with Crippen LogP contribution in [0, 0.1) is 6.92 Å². The van der Waals surface area contributed by atoms with Gasteiger partial charge in [-0.3, -0.25) is 4.79 Å². The summed E-state index contributed by atoms with van der Waals surface area (Å²) in [6.45, 7) is 8.10. The molecule has 2 heterocycles. The highest BCUT2D eigenvalue weighted by Crippen LogP contribution is 2.24. The molecule has 1 aromatic heterocycles. The van der Waals surface area contributed by atoms with Crippen molar-refractivity contribution in [1.29, 1.82) is 0 Å². The third-order valence-corrected chi connectivity index (χ3v) is 6.91. The maximum Gasteiger partial charge on any atom is 0.344 e. The van der Waals surface area contributed by atoms with E-state index in [0.29, 0.717) is 43.4 Å². The van der Waals surface area contributed by atoms with Gasteiger partial charge in [0.1, 0.15) is 5.56 Å². The Labute approximate surface area is 186 Å². The summed E-state index contributed by atoms with van der Waals surface area (Å²) in [4.78, 5) is 25.2. The Morgan fingerprint density at radius 1 is 1.12 bits per heavy atom. The number of nitrogens with zero attached hydrogens (tertiary/aromatic N) is 2. The third kappa shape index (κ3) is 5.17. The van der Waals surface area contributed by atoms with Crippen LogP contribution in [-0.4, -0.2) is 62.2 Å². The van der Waals surface area contributed by atoms with Gasteiger partial charge in [-0.2, -0.15) is 4.31 Å². The molecule has 0 unspecified atom stereocenters. The number of carbonyl (C=O) groups excluding carboxylic acids is 2. The molecular formula is C21H27N3O7S. The SMILES string of the molecule is Cc1noc(C(C)C)c1C(=O)O[C@H](C)C(=O)Nc1ccc(S(=O)(=O)N2CCOCC2)cc1. The minimum absolute atomic E-state index is 0.0739. The highest BCUT2D eigenvalue weighted by Gasteiger charge is 2.28. The van der Waals surface area contributed by atoms with Crippen molar-refractivity contribution in [3.63, 3.8) is 0 Å². The van der Waals surface area contributed by atoms with Gasteiger partial charge < -0.3 is 19.3 Å². The van der Waals surface area contributed by atoms with Gasteiger partial charge in [-0.1, -0.05) is 19.0 Å². The molecule has 10 nitrogen and oxygen atoms in total. The smallest absolute Gasteiger partial charge is 0.344 e. The Morgan fingerprint density at radius 3 is 2.34 bits per heavy atom. The zero-order valence-corrected chi connectivity index (χ0v) is 19.3. The molecule has 174 valence electrons. The summed E-state index contributed by atoms with van der Waals surface area (Å²) in [5.41, 5.74) is 0.989. The lowest BCUT2D eigenvalue weighted by molar-refractivity contribution is -0.123. The van der Waals surface area contributed by atoms with E-state index in [9.17, 15) is 18.0 Å². The van der Waals surface area contributed by atoms with E-state index in [1.165, 1.54) is 35.5 Å². The number of rotatable bonds is 7. The summed E-state index contributed by atoms with van der Waals surface area (Å²) in [6.07, 6.45) is -1.09. The van der Waals surface area contributed by atoms with Gasteiger partial charge >= 0.3 is 5.97 Å². The van der Waals surface area contributed by atoms with Crippen LogP contribution in [-0.2, 0) is 24.3 Å². The predicted octanol–water partition coefficient (Wildman–Crippen LogP) is 2.31. The number of esters is 1. The Bertz CT molecular complexity index is 1070. The molecule has 1 N–H and O–H groups in total. The van der Waals surface area contributed by atoms with E-state index in [0.717, 1.165) is 0 Å². The molecule has 0 aliphatic carbocycles. The standard InChI is InChI=1S/C21H27N3O7S/c1-13(2)19-18(14(3)23-31-19)21(26)30-15(4)20(25)22-16-5-7-17(8-6-16)32(27,28)24-9-11-29-12-10-24/h5-8,13,15H,9-12H2,1-4H3,(H,22,25)/t15-/m1/s1. The Hall–Kier alpha value is -2.76. The summed E-state index contributed by atoms with van der Waals surface area (Å²) in [6, 6.07) is 5.82. The van der Waals surface area contributed by atoms with Crippen molar-refractivity contribution in [2.45, 2.75) is 44.6 Å². The molecule has 2 aromatic rings. The fraction of sp³-hybridized carbons (Fsp3) is 0.476. The number of hydrogen-bond donors (Lipinski definition) is 1. The Kier molecular flexibility index (Phi) is 7.32. The highest BCUT2D eigenvalue weighted by atomic mass is 32.2. The number of anilines is 1. The molecular weight excluding hydrogens is 438 g/mol. The average molecular weight is 466 g/mol. The molecule has 0 saturated carbocycles. The van der Waals surface area contributed by atoms with Crippen molar-refractivity contribution >= 4 is 27.6 Å². The molecule has 0 spiro atoms. The van der Waals surface area contributed by atoms with Crippen LogP contribution >= 0.6 is 0 Å². The van der Waals surface area contributed by atoms with Gasteiger partial charge in [-0.15, -0.1) is 0 Å². The highest BCUT2D eigenvalue weighted by molar-refractivity contribution is 7.89. The summed E-state index contributed by atoms with van der Waals surface area (Å²) in [5, 5.41) is 6.42. The average Bonchev–Trinajstić information content (AvgIpc) is 3.16. The molecule has 0 bridgehead atoms. The van der Waals surface area contributed by atoms with E-state index in [2.05, 4.69) is 10.5 Å². The molecule has 1 aromatic carbocycles. The number of amides is 1. The van der Waals surface area contributed by atoms with Gasteiger partial charge in [0.2, 0.25) is 10.0 Å². The van der Waals surface area contributed by atoms with Crippen molar-refractivity contribution in [3.8, 4) is 0 Å². The topological polar surface area (TPSA) is 128 Å². The monoisotopic (exact) mass is 465 g/mol. The summed E-state index contributed by atoms with van der Waals surface area (Å²) >= 11 is 0. The van der Waals surface area contributed by atoms with Crippen LogP contribution < -0.4 is 5.32 Å². The van der Waals surface area contributed by atoms with E-state index in [4.69, 9.17) is 14.0 Å². The molecule has 3 rings (SSSR count). The molecule has 1 aliphatic heterocycles. The first-order chi connectivity index (χ1) is 15.1. The fourth-order valence-electron chi connectivity index (χ4n) is 3.19. The first-order valence-corrected chi connectivity index (χ1v) is 11.7. The normalized spacial score (nSPS) is 16.0. The van der Waals surface area contributed by atoms with Crippen LogP contribution in [0.15, 0.2) is 33.7 Å². The number of nitrogens with one attached hydrogen (secondary N) is 1. The second-order valence-electron chi connectivity index (χ2n) is 7.74. The van der Waals surface area contributed by atoms with E-state index in [1.807, 2.05) is 13.8 Å². The van der Waals surface area contributed by atoms with Crippen molar-refractivity contribution in [3.05, 3.63) is 41.3 Å². The minimum Gasteiger partial charge on any atom is -0.449 e. The second kappa shape index (κ2) is 9.80. The Morgan fingerprint density at radius 2 is 1.75 bits per heavy atom. The van der Waals surface area contributed by atoms with Crippen LogP contribution in [0.25, 0.3) is 0 Å². The minimum atomic E-state index is -3.62. The van der Waals surface area contributed by atoms with E-state index in [1.54, 1.807) is 6.92 Å². The van der Waals surface area contributed by atoms with Crippen LogP contribution in [0.5, 0.6) is 0 Å². The second-order valence-corrected chi connectivity index (χ2v) is 9.68. The zero-order chi connectivity index (χ0) is 23.5. The molecule has 1 atom stereocenters. The fourth-order valence-corrected chi connectivity index (χ4v) is 4.60. The molecule has 0 radical (unpaired) electrons. The molecule has 1 fully saturated rings. The van der Waals surface area contributed by atoms with Crippen molar-refractivity contribution < 1.29 is 32.0 Å². The molecule has 11 heteroatoms. The van der Waals surface area contributed by atoms with Gasteiger partial charge in [0.05, 0.1) is 23.8 Å². The summed E-state index contributed by atoms with van der Waals surface area (Å²) in [7, 11) is -3.62. The maximum atomic E-state index is 12.7. The maximum absolute atomic E-state index is 12.7. The summed E-state index contributed by atoms with van der Waals surface area (Å²) < 4.78 is 42.4. The number of aryl methyl sites for hydroxylation is 1. The largest absolute Gasteiger partial charge is 0.449 e. The number of hydrogen-bond acceptors (Lipinski definition) is 8. The van der Waals surface area contributed by atoms with Crippen LogP contribution in [0.3, 0.4) is 0 Å².